The van der Waals surface area contributed by atoms with Crippen molar-refractivity contribution in [3.63, 3.8) is 0 Å². The van der Waals surface area contributed by atoms with E-state index in [9.17, 15) is 8.42 Å². The van der Waals surface area contributed by atoms with Crippen molar-refractivity contribution in [2.24, 2.45) is 0 Å². The Morgan fingerprint density at radius 2 is 1.87 bits per heavy atom. The Hall–Kier alpha value is -1.90. The molecule has 23 heavy (non-hydrogen) atoms. The van der Waals surface area contributed by atoms with Gasteiger partial charge in [-0.25, -0.2) is 12.7 Å². The van der Waals surface area contributed by atoms with E-state index in [1.165, 1.54) is 4.31 Å². The van der Waals surface area contributed by atoms with Crippen molar-refractivity contribution < 1.29 is 8.42 Å². The molecule has 0 saturated carbocycles. The molecule has 0 spiro atoms. The molecule has 0 aliphatic carbocycles. The van der Waals surface area contributed by atoms with E-state index in [4.69, 9.17) is 11.6 Å². The molecule has 0 amide bonds. The minimum absolute atomic E-state index is 0.306. The third kappa shape index (κ3) is 5.05. The predicted octanol–water partition coefficient (Wildman–Crippen LogP) is 3.10. The highest BCUT2D eigenvalue weighted by Crippen LogP contribution is 2.11. The summed E-state index contributed by atoms with van der Waals surface area (Å²) in [5, 5.41) is 0.619. The first kappa shape index (κ1) is 17.5. The summed E-state index contributed by atoms with van der Waals surface area (Å²) in [5.74, 6) is 2.86. The van der Waals surface area contributed by atoms with Crippen molar-refractivity contribution in [3.8, 4) is 12.0 Å². The van der Waals surface area contributed by atoms with Crippen LogP contribution in [-0.4, -0.2) is 30.5 Å². The number of benzene rings is 1. The molecule has 122 valence electrons. The first-order valence-corrected chi connectivity index (χ1v) is 9.38. The number of H-pyrrole nitrogens is 1. The molecular weight excluding hydrogens is 332 g/mol. The third-order valence-corrected chi connectivity index (χ3v) is 4.72. The topological polar surface area (TPSA) is 53.2 Å². The average molecular weight is 351 g/mol. The molecule has 1 aromatic heterocycles. The van der Waals surface area contributed by atoms with Crippen LogP contribution in [0.4, 0.5) is 0 Å². The van der Waals surface area contributed by atoms with Crippen molar-refractivity contribution in [1.29, 1.82) is 0 Å². The van der Waals surface area contributed by atoms with Gasteiger partial charge in [0, 0.05) is 41.0 Å². The second-order valence-electron chi connectivity index (χ2n) is 5.44. The number of aryl methyl sites for hydroxylation is 2. The first-order valence-electron chi connectivity index (χ1n) is 7.16. The Balaban J connectivity index is 2.15. The highest BCUT2D eigenvalue weighted by molar-refractivity contribution is 7.88. The van der Waals surface area contributed by atoms with Gasteiger partial charge in [0.05, 0.1) is 6.26 Å². The largest absolute Gasteiger partial charge is 0.362 e. The lowest BCUT2D eigenvalue weighted by molar-refractivity contribution is 0.517. The Labute approximate surface area is 142 Å². The second-order valence-corrected chi connectivity index (χ2v) is 7.79. The molecule has 0 atom stereocenters. The molecule has 0 aliphatic heterocycles. The number of nitrogens with one attached hydrogen (secondary N) is 1. The molecule has 0 saturated heterocycles. The lowest BCUT2D eigenvalue weighted by Crippen LogP contribution is -2.27. The summed E-state index contributed by atoms with van der Waals surface area (Å²) in [6, 6.07) is 11.7. The number of sulfonamides is 1. The average Bonchev–Trinajstić information content (AvgIpc) is 2.77. The Bertz CT molecular complexity index is 843. The zero-order valence-electron chi connectivity index (χ0n) is 13.4. The Kier molecular flexibility index (Phi) is 5.40. The minimum atomic E-state index is -3.40. The number of nitrogens with zero attached hydrogens (tertiary/aromatic N) is 1. The number of hydrogen-bond acceptors (Lipinski definition) is 2. The van der Waals surface area contributed by atoms with Crippen LogP contribution in [0.3, 0.4) is 0 Å². The summed E-state index contributed by atoms with van der Waals surface area (Å²) in [7, 11) is -3.40. The molecule has 0 bridgehead atoms. The third-order valence-electron chi connectivity index (χ3n) is 3.39. The molecule has 0 fully saturated rings. The van der Waals surface area contributed by atoms with Crippen LogP contribution < -0.4 is 0 Å². The second kappa shape index (κ2) is 7.12. The fraction of sp³-hybridized carbons (Fsp3) is 0.294. The van der Waals surface area contributed by atoms with Gasteiger partial charge < -0.3 is 4.98 Å². The molecule has 4 nitrogen and oxygen atoms in total. The summed E-state index contributed by atoms with van der Waals surface area (Å²) in [5.41, 5.74) is 3.94. The number of rotatable bonds is 4. The molecule has 1 N–H and O–H groups in total. The van der Waals surface area contributed by atoms with E-state index in [1.807, 2.05) is 19.9 Å². The van der Waals surface area contributed by atoms with Crippen LogP contribution in [0, 0.1) is 25.8 Å². The summed E-state index contributed by atoms with van der Waals surface area (Å²) >= 11 is 5.82. The SMILES string of the molecule is Cc1cc(C)c(CCN(C#Cc2ccc(Cl)cc2)S(C)(=O)=O)[nH]1. The van der Waals surface area contributed by atoms with Crippen molar-refractivity contribution in [2.75, 3.05) is 12.8 Å². The van der Waals surface area contributed by atoms with Crippen LogP contribution in [0.2, 0.25) is 5.02 Å². The Morgan fingerprint density at radius 1 is 1.22 bits per heavy atom. The molecule has 1 heterocycles. The van der Waals surface area contributed by atoms with Gasteiger partial charge in [-0.2, -0.15) is 0 Å². The van der Waals surface area contributed by atoms with Gasteiger partial charge in [0.15, 0.2) is 0 Å². The monoisotopic (exact) mass is 350 g/mol. The fourth-order valence-electron chi connectivity index (χ4n) is 2.22. The maximum absolute atomic E-state index is 11.9. The fourth-order valence-corrected chi connectivity index (χ4v) is 2.98. The van der Waals surface area contributed by atoms with E-state index < -0.39 is 10.0 Å². The van der Waals surface area contributed by atoms with Gasteiger partial charge in [0.25, 0.3) is 0 Å². The van der Waals surface area contributed by atoms with Gasteiger partial charge in [0.1, 0.15) is 0 Å². The van der Waals surface area contributed by atoms with Crippen LogP contribution in [0.15, 0.2) is 30.3 Å². The predicted molar refractivity (Wildman–Crippen MR) is 93.9 cm³/mol. The van der Waals surface area contributed by atoms with Gasteiger partial charge in [0.2, 0.25) is 10.0 Å². The molecule has 2 aromatic rings. The van der Waals surface area contributed by atoms with E-state index in [-0.39, 0.29) is 0 Å². The van der Waals surface area contributed by atoms with Crippen LogP contribution in [0.25, 0.3) is 0 Å². The van der Waals surface area contributed by atoms with E-state index in [0.29, 0.717) is 18.0 Å². The van der Waals surface area contributed by atoms with Crippen molar-refractivity contribution in [2.45, 2.75) is 20.3 Å². The summed E-state index contributed by atoms with van der Waals surface area (Å²) < 4.78 is 25.0. The first-order chi connectivity index (χ1) is 10.8. The van der Waals surface area contributed by atoms with E-state index in [0.717, 1.165) is 28.8 Å². The molecule has 6 heteroatoms. The normalized spacial score (nSPS) is 11.0. The highest BCUT2D eigenvalue weighted by Gasteiger charge is 2.13. The summed E-state index contributed by atoms with van der Waals surface area (Å²) in [6.45, 7) is 4.29. The van der Waals surface area contributed by atoms with Crippen LogP contribution in [0.5, 0.6) is 0 Å². The highest BCUT2D eigenvalue weighted by atomic mass is 35.5. The van der Waals surface area contributed by atoms with Gasteiger partial charge in [-0.3, -0.25) is 0 Å². The van der Waals surface area contributed by atoms with Crippen molar-refractivity contribution in [3.05, 3.63) is 57.9 Å². The van der Waals surface area contributed by atoms with Crippen LogP contribution in [-0.2, 0) is 16.4 Å². The maximum Gasteiger partial charge on any atom is 0.238 e. The lowest BCUT2D eigenvalue weighted by Gasteiger charge is -2.14. The molecule has 2 rings (SSSR count). The molecule has 0 radical (unpaired) electrons. The quantitative estimate of drug-likeness (QED) is 0.680. The minimum Gasteiger partial charge on any atom is -0.362 e. The zero-order valence-corrected chi connectivity index (χ0v) is 14.9. The summed E-state index contributed by atoms with van der Waals surface area (Å²) in [4.78, 5) is 3.25. The van der Waals surface area contributed by atoms with E-state index in [1.54, 1.807) is 24.3 Å². The van der Waals surface area contributed by atoms with E-state index in [2.05, 4.69) is 16.9 Å². The zero-order chi connectivity index (χ0) is 17.0. The van der Waals surface area contributed by atoms with E-state index >= 15 is 0 Å². The van der Waals surface area contributed by atoms with Gasteiger partial charge >= 0.3 is 0 Å². The number of aromatic nitrogens is 1. The number of hydrogen-bond donors (Lipinski definition) is 1. The van der Waals surface area contributed by atoms with Crippen LogP contribution >= 0.6 is 11.6 Å². The molecular formula is C17H19ClN2O2S. The van der Waals surface area contributed by atoms with Crippen molar-refractivity contribution >= 4 is 21.6 Å². The van der Waals surface area contributed by atoms with Gasteiger partial charge in [-0.1, -0.05) is 11.6 Å². The smallest absolute Gasteiger partial charge is 0.238 e. The van der Waals surface area contributed by atoms with Gasteiger partial charge in [-0.05, 0) is 55.7 Å². The standard InChI is InChI=1S/C17H19ClN2O2S/c1-13-12-14(2)19-17(13)9-11-20(23(3,21)22)10-8-15-4-6-16(18)7-5-15/h4-7,12,19H,9,11H2,1-3H3. The van der Waals surface area contributed by atoms with Crippen molar-refractivity contribution in [1.82, 2.24) is 9.29 Å². The number of aromatic amines is 1. The summed E-state index contributed by atoms with van der Waals surface area (Å²) in [6.07, 6.45) is 1.75. The maximum atomic E-state index is 11.9. The lowest BCUT2D eigenvalue weighted by atomic mass is 10.2. The molecule has 0 aliphatic rings. The molecule has 0 unspecified atom stereocenters. The Morgan fingerprint density at radius 3 is 2.39 bits per heavy atom. The van der Waals surface area contributed by atoms with Crippen LogP contribution in [0.1, 0.15) is 22.5 Å². The number of halogens is 1. The molecule has 1 aromatic carbocycles. The van der Waals surface area contributed by atoms with Gasteiger partial charge in [-0.15, -0.1) is 0 Å².